The van der Waals surface area contributed by atoms with E-state index in [1.807, 2.05) is 0 Å². The standard InChI is InChI=1S/C4H6O4.2C2H4O2S/c5-3(6)1-2-4(7)8;2*3-2(4)1-5/h1-2H2,(H,5,6)(H,7,8);2*5H,1H2,(H,3,4). The molecule has 0 aliphatic heterocycles. The Morgan fingerprint density at radius 3 is 0.833 bits per heavy atom. The molecule has 18 heavy (non-hydrogen) atoms. The van der Waals surface area contributed by atoms with Crippen LogP contribution in [0.15, 0.2) is 0 Å². The van der Waals surface area contributed by atoms with E-state index in [0.717, 1.165) is 0 Å². The monoisotopic (exact) mass is 302 g/mol. The fourth-order valence-electron chi connectivity index (χ4n) is 0.214. The number of thiol groups is 2. The van der Waals surface area contributed by atoms with Crippen molar-refractivity contribution in [1.29, 1.82) is 0 Å². The lowest BCUT2D eigenvalue weighted by Gasteiger charge is -1.85. The smallest absolute Gasteiger partial charge is 0.313 e. The number of hydrogen-bond acceptors (Lipinski definition) is 6. The van der Waals surface area contributed by atoms with Gasteiger partial charge in [0.2, 0.25) is 0 Å². The van der Waals surface area contributed by atoms with Gasteiger partial charge in [-0.15, -0.1) is 0 Å². The predicted octanol–water partition coefficient (Wildman–Crippen LogP) is -0.0626. The third kappa shape index (κ3) is 46.8. The highest BCUT2D eigenvalue weighted by molar-refractivity contribution is 7.81. The van der Waals surface area contributed by atoms with Gasteiger partial charge in [-0.3, -0.25) is 19.2 Å². The van der Waals surface area contributed by atoms with Gasteiger partial charge in [-0.2, -0.15) is 25.3 Å². The first-order valence-corrected chi connectivity index (χ1v) is 5.52. The Morgan fingerprint density at radius 2 is 0.778 bits per heavy atom. The van der Waals surface area contributed by atoms with Crippen LogP contribution in [0.4, 0.5) is 0 Å². The maximum Gasteiger partial charge on any atom is 0.313 e. The predicted molar refractivity (Wildman–Crippen MR) is 67.5 cm³/mol. The molecule has 0 aromatic carbocycles. The molecule has 0 aromatic rings. The summed E-state index contributed by atoms with van der Waals surface area (Å²) in [5.74, 6) is -4.08. The fraction of sp³-hybridized carbons (Fsp3) is 0.500. The number of carbonyl (C=O) groups is 4. The Bertz CT molecular complexity index is 250. The Hall–Kier alpha value is -1.42. The van der Waals surface area contributed by atoms with Crippen molar-refractivity contribution in [3.63, 3.8) is 0 Å². The first-order chi connectivity index (χ1) is 8.17. The van der Waals surface area contributed by atoms with E-state index in [9.17, 15) is 19.2 Å². The molecule has 0 amide bonds. The summed E-state index contributed by atoms with van der Waals surface area (Å²) in [4.78, 5) is 37.9. The number of rotatable bonds is 5. The van der Waals surface area contributed by atoms with Crippen LogP contribution in [0.2, 0.25) is 0 Å². The van der Waals surface area contributed by atoms with Gasteiger partial charge in [-0.1, -0.05) is 0 Å². The van der Waals surface area contributed by atoms with Crippen molar-refractivity contribution in [1.82, 2.24) is 0 Å². The highest BCUT2D eigenvalue weighted by Gasteiger charge is 2.00. The zero-order valence-electron chi connectivity index (χ0n) is 9.14. The molecule has 0 aromatic heterocycles. The SMILES string of the molecule is O=C(O)CCC(=O)O.O=C(O)CS.O=C(O)CS. The molecule has 0 aliphatic carbocycles. The van der Waals surface area contributed by atoms with Crippen molar-refractivity contribution in [3.8, 4) is 0 Å². The van der Waals surface area contributed by atoms with Crippen molar-refractivity contribution in [3.05, 3.63) is 0 Å². The molecule has 0 spiro atoms. The van der Waals surface area contributed by atoms with E-state index in [2.05, 4.69) is 25.3 Å². The zero-order chi connectivity index (χ0) is 15.1. The van der Waals surface area contributed by atoms with E-state index in [0.29, 0.717) is 0 Å². The molecule has 0 aliphatic rings. The first-order valence-electron chi connectivity index (χ1n) is 4.26. The van der Waals surface area contributed by atoms with Crippen LogP contribution < -0.4 is 0 Å². The quantitative estimate of drug-likeness (QED) is 0.387. The van der Waals surface area contributed by atoms with E-state index >= 15 is 0 Å². The van der Waals surface area contributed by atoms with Crippen molar-refractivity contribution >= 4 is 49.1 Å². The van der Waals surface area contributed by atoms with Crippen LogP contribution in [0.25, 0.3) is 0 Å². The van der Waals surface area contributed by atoms with E-state index in [1.165, 1.54) is 0 Å². The second-order valence-corrected chi connectivity index (χ2v) is 3.02. The first kappa shape index (κ1) is 21.8. The highest BCUT2D eigenvalue weighted by atomic mass is 32.1. The van der Waals surface area contributed by atoms with E-state index in [4.69, 9.17) is 20.4 Å². The van der Waals surface area contributed by atoms with Gasteiger partial charge >= 0.3 is 23.9 Å². The Balaban J connectivity index is -0.000000197. The summed E-state index contributed by atoms with van der Waals surface area (Å²) in [7, 11) is 0. The van der Waals surface area contributed by atoms with Crippen molar-refractivity contribution in [2.24, 2.45) is 0 Å². The molecular formula is C8H14O8S2. The summed E-state index contributed by atoms with van der Waals surface area (Å²) in [5, 5.41) is 31.1. The molecule has 10 heteroatoms. The number of carboxylic acids is 4. The Kier molecular flexibility index (Phi) is 18.9. The van der Waals surface area contributed by atoms with Gasteiger partial charge in [-0.05, 0) is 0 Å². The maximum atomic E-state index is 9.64. The molecule has 8 nitrogen and oxygen atoms in total. The molecule has 0 saturated carbocycles. The Labute approximate surface area is 113 Å². The van der Waals surface area contributed by atoms with Crippen LogP contribution in [0, 0.1) is 0 Å². The largest absolute Gasteiger partial charge is 0.481 e. The van der Waals surface area contributed by atoms with Crippen LogP contribution in [0.5, 0.6) is 0 Å². The van der Waals surface area contributed by atoms with E-state index < -0.39 is 23.9 Å². The van der Waals surface area contributed by atoms with Crippen LogP contribution in [-0.2, 0) is 19.2 Å². The second kappa shape index (κ2) is 15.6. The normalized spacial score (nSPS) is 7.89. The topological polar surface area (TPSA) is 149 Å². The van der Waals surface area contributed by atoms with Crippen molar-refractivity contribution < 1.29 is 39.6 Å². The zero-order valence-corrected chi connectivity index (χ0v) is 10.9. The summed E-state index contributed by atoms with van der Waals surface area (Å²) >= 11 is 6.83. The van der Waals surface area contributed by atoms with E-state index in [1.54, 1.807) is 0 Å². The minimum absolute atomic E-state index is 0.0833. The summed E-state index contributed by atoms with van der Waals surface area (Å²) in [6, 6.07) is 0. The number of hydrogen-bond donors (Lipinski definition) is 6. The van der Waals surface area contributed by atoms with Gasteiger partial charge in [0.05, 0.1) is 24.3 Å². The van der Waals surface area contributed by atoms with Gasteiger partial charge in [-0.25, -0.2) is 0 Å². The second-order valence-electron chi connectivity index (χ2n) is 2.39. The lowest BCUT2D eigenvalue weighted by atomic mass is 10.3. The molecule has 0 bridgehead atoms. The summed E-state index contributed by atoms with van der Waals surface area (Å²) < 4.78 is 0. The van der Waals surface area contributed by atoms with E-state index in [-0.39, 0.29) is 24.3 Å². The minimum Gasteiger partial charge on any atom is -0.481 e. The van der Waals surface area contributed by atoms with Gasteiger partial charge in [0.15, 0.2) is 0 Å². The number of aliphatic carboxylic acids is 4. The van der Waals surface area contributed by atoms with Crippen molar-refractivity contribution in [2.45, 2.75) is 12.8 Å². The molecule has 0 unspecified atom stereocenters. The molecule has 0 atom stereocenters. The summed E-state index contributed by atoms with van der Waals surface area (Å²) in [6.45, 7) is 0. The third-order valence-electron chi connectivity index (χ3n) is 0.823. The summed E-state index contributed by atoms with van der Waals surface area (Å²) in [5.41, 5.74) is 0. The molecule has 4 N–H and O–H groups in total. The molecule has 0 fully saturated rings. The Morgan fingerprint density at radius 1 is 0.611 bits per heavy atom. The van der Waals surface area contributed by atoms with Crippen LogP contribution in [0.1, 0.15) is 12.8 Å². The lowest BCUT2D eigenvalue weighted by Crippen LogP contribution is -2.00. The van der Waals surface area contributed by atoms with Gasteiger partial charge < -0.3 is 20.4 Å². The van der Waals surface area contributed by atoms with Crippen LogP contribution in [-0.4, -0.2) is 55.8 Å². The molecule has 0 radical (unpaired) electrons. The highest BCUT2D eigenvalue weighted by Crippen LogP contribution is 1.86. The molecule has 106 valence electrons. The van der Waals surface area contributed by atoms with Crippen LogP contribution >= 0.6 is 25.3 Å². The molecular weight excluding hydrogens is 288 g/mol. The average molecular weight is 302 g/mol. The maximum absolute atomic E-state index is 9.64. The van der Waals surface area contributed by atoms with Gasteiger partial charge in [0.25, 0.3) is 0 Å². The van der Waals surface area contributed by atoms with Gasteiger partial charge in [0, 0.05) is 0 Å². The number of carboxylic acid groups (broad SMARTS) is 4. The van der Waals surface area contributed by atoms with Crippen molar-refractivity contribution in [2.75, 3.05) is 11.5 Å². The minimum atomic E-state index is -1.08. The molecule has 0 saturated heterocycles. The average Bonchev–Trinajstić information content (AvgIpc) is 2.27. The third-order valence-corrected chi connectivity index (χ3v) is 1.36. The summed E-state index contributed by atoms with van der Waals surface area (Å²) in [6.07, 6.45) is -0.593. The van der Waals surface area contributed by atoms with Crippen LogP contribution in [0.3, 0.4) is 0 Å². The molecule has 0 heterocycles. The molecule has 0 rings (SSSR count). The fourth-order valence-corrected chi connectivity index (χ4v) is 0.214. The van der Waals surface area contributed by atoms with Gasteiger partial charge in [0.1, 0.15) is 0 Å². The lowest BCUT2D eigenvalue weighted by molar-refractivity contribution is -0.143.